The zero-order valence-corrected chi connectivity index (χ0v) is 17.3. The Morgan fingerprint density at radius 2 is 1.96 bits per heavy atom. The number of methoxy groups -OCH3 is 1. The van der Waals surface area contributed by atoms with Gasteiger partial charge in [0.1, 0.15) is 12.1 Å². The number of carbonyl (C=O) groups is 1. The summed E-state index contributed by atoms with van der Waals surface area (Å²) in [5.74, 6) is -0.854. The van der Waals surface area contributed by atoms with Gasteiger partial charge in [-0.25, -0.2) is 4.39 Å². The summed E-state index contributed by atoms with van der Waals surface area (Å²) in [4.78, 5) is 14.6. The Labute approximate surface area is 171 Å². The number of hydrogen-bond acceptors (Lipinski definition) is 4. The largest absolute Gasteiger partial charge is 0.469 e. The van der Waals surface area contributed by atoms with Gasteiger partial charge in [0, 0.05) is 24.4 Å². The standard InChI is InChI=1S/C22H21BrFNO3/c1-25(19-5-3-4-15-17(23)12-28-21(15)19)18-11-10-16(22(26)27-2)20(18)13-6-8-14(24)9-7-13/h3-9,12,16,18,20H,10-11H2,1-2H3/t16-,18+,20-/m1/s1. The number of likely N-dealkylation sites (N-methyl/N-ethyl adjacent to an activating group) is 1. The summed E-state index contributed by atoms with van der Waals surface area (Å²) >= 11 is 3.52. The van der Waals surface area contributed by atoms with Crippen LogP contribution in [0.5, 0.6) is 0 Å². The molecule has 2 aromatic carbocycles. The van der Waals surface area contributed by atoms with Gasteiger partial charge in [0.05, 0.1) is 23.2 Å². The number of rotatable bonds is 4. The van der Waals surface area contributed by atoms with Crippen LogP contribution in [0.15, 0.2) is 57.6 Å². The highest BCUT2D eigenvalue weighted by atomic mass is 79.9. The lowest BCUT2D eigenvalue weighted by atomic mass is 9.86. The predicted octanol–water partition coefficient (Wildman–Crippen LogP) is 5.51. The monoisotopic (exact) mass is 445 g/mol. The molecule has 0 unspecified atom stereocenters. The van der Waals surface area contributed by atoms with Crippen LogP contribution in [-0.2, 0) is 9.53 Å². The first-order chi connectivity index (χ1) is 13.5. The van der Waals surface area contributed by atoms with Crippen molar-refractivity contribution in [1.29, 1.82) is 0 Å². The van der Waals surface area contributed by atoms with Gasteiger partial charge in [-0.15, -0.1) is 0 Å². The number of ether oxygens (including phenoxy) is 1. The van der Waals surface area contributed by atoms with Gasteiger partial charge >= 0.3 is 5.97 Å². The third-order valence-corrected chi connectivity index (χ3v) is 6.40. The van der Waals surface area contributed by atoms with Crippen molar-refractivity contribution in [1.82, 2.24) is 0 Å². The molecule has 1 aromatic heterocycles. The highest BCUT2D eigenvalue weighted by molar-refractivity contribution is 9.10. The molecule has 3 atom stereocenters. The Morgan fingerprint density at radius 1 is 1.21 bits per heavy atom. The van der Waals surface area contributed by atoms with Gasteiger partial charge in [0.2, 0.25) is 0 Å². The second-order valence-corrected chi connectivity index (χ2v) is 8.05. The molecule has 146 valence electrons. The van der Waals surface area contributed by atoms with Crippen molar-refractivity contribution >= 4 is 38.6 Å². The van der Waals surface area contributed by atoms with Gasteiger partial charge in [-0.05, 0) is 58.6 Å². The minimum atomic E-state index is -0.286. The Bertz CT molecular complexity index is 1000. The second-order valence-electron chi connectivity index (χ2n) is 7.20. The van der Waals surface area contributed by atoms with Gasteiger partial charge in [0.15, 0.2) is 5.58 Å². The van der Waals surface area contributed by atoms with Gasteiger partial charge < -0.3 is 14.1 Å². The summed E-state index contributed by atoms with van der Waals surface area (Å²) in [7, 11) is 3.44. The van der Waals surface area contributed by atoms with Crippen molar-refractivity contribution in [3.63, 3.8) is 0 Å². The molecule has 1 fully saturated rings. The first kappa shape index (κ1) is 19.0. The molecule has 0 radical (unpaired) electrons. The van der Waals surface area contributed by atoms with Crippen LogP contribution in [0.4, 0.5) is 10.1 Å². The molecule has 1 aliphatic carbocycles. The normalized spacial score (nSPS) is 21.8. The zero-order valence-electron chi connectivity index (χ0n) is 15.7. The van der Waals surface area contributed by atoms with Crippen LogP contribution < -0.4 is 4.90 Å². The Morgan fingerprint density at radius 3 is 2.68 bits per heavy atom. The van der Waals surface area contributed by atoms with Crippen molar-refractivity contribution in [3.8, 4) is 0 Å². The van der Waals surface area contributed by atoms with Crippen LogP contribution in [0.1, 0.15) is 24.3 Å². The molecule has 0 amide bonds. The topological polar surface area (TPSA) is 42.7 Å². The molecule has 0 saturated heterocycles. The number of esters is 1. The quantitative estimate of drug-likeness (QED) is 0.496. The number of furan rings is 1. The summed E-state index contributed by atoms with van der Waals surface area (Å²) in [5.41, 5.74) is 2.71. The van der Waals surface area contributed by atoms with Crippen molar-refractivity contribution in [2.24, 2.45) is 5.92 Å². The van der Waals surface area contributed by atoms with Gasteiger partial charge in [-0.2, -0.15) is 0 Å². The molecule has 4 nitrogen and oxygen atoms in total. The SMILES string of the molecule is COC(=O)[C@@H]1CC[C@H](N(C)c2cccc3c(Br)coc23)[C@@H]1c1ccc(F)cc1. The molecular formula is C22H21BrFNO3. The molecule has 1 saturated carbocycles. The Kier molecular flexibility index (Phi) is 5.15. The molecule has 0 N–H and O–H groups in total. The lowest BCUT2D eigenvalue weighted by molar-refractivity contribution is -0.145. The van der Waals surface area contributed by atoms with E-state index in [-0.39, 0.29) is 29.7 Å². The third-order valence-electron chi connectivity index (χ3n) is 5.79. The molecular weight excluding hydrogens is 425 g/mol. The summed E-state index contributed by atoms with van der Waals surface area (Å²) in [6, 6.07) is 12.5. The maximum absolute atomic E-state index is 13.5. The maximum atomic E-state index is 13.5. The van der Waals surface area contributed by atoms with Crippen molar-refractivity contribution in [2.75, 3.05) is 19.1 Å². The summed E-state index contributed by atoms with van der Waals surface area (Å²) in [6.07, 6.45) is 3.24. The van der Waals surface area contributed by atoms with Crippen molar-refractivity contribution in [3.05, 3.63) is 64.6 Å². The van der Waals surface area contributed by atoms with E-state index in [2.05, 4.69) is 20.8 Å². The number of carbonyl (C=O) groups excluding carboxylic acids is 1. The van der Waals surface area contributed by atoms with E-state index < -0.39 is 0 Å². The van der Waals surface area contributed by atoms with Crippen molar-refractivity contribution in [2.45, 2.75) is 24.8 Å². The number of nitrogens with zero attached hydrogens (tertiary/aromatic N) is 1. The van der Waals surface area contributed by atoms with Crippen LogP contribution in [0.25, 0.3) is 11.0 Å². The third kappa shape index (κ3) is 3.20. The van der Waals surface area contributed by atoms with Gasteiger partial charge in [-0.3, -0.25) is 4.79 Å². The van der Waals surface area contributed by atoms with Crippen LogP contribution in [0, 0.1) is 11.7 Å². The van der Waals surface area contributed by atoms with E-state index in [1.807, 2.05) is 25.2 Å². The number of hydrogen-bond donors (Lipinski definition) is 0. The van der Waals surface area contributed by atoms with E-state index in [9.17, 15) is 9.18 Å². The molecule has 1 aliphatic rings. The second kappa shape index (κ2) is 7.59. The first-order valence-electron chi connectivity index (χ1n) is 9.23. The van der Waals surface area contributed by atoms with Crippen molar-refractivity contribution < 1.29 is 18.3 Å². The highest BCUT2D eigenvalue weighted by Crippen LogP contribution is 2.45. The van der Waals surface area contributed by atoms with Crippen LogP contribution in [-0.4, -0.2) is 26.2 Å². The molecule has 28 heavy (non-hydrogen) atoms. The minimum absolute atomic E-state index is 0.0593. The van der Waals surface area contributed by atoms with Gasteiger partial charge in [0.25, 0.3) is 0 Å². The lowest BCUT2D eigenvalue weighted by Gasteiger charge is -2.33. The summed E-state index contributed by atoms with van der Waals surface area (Å²) < 4.78 is 25.2. The number of para-hydroxylation sites is 1. The molecule has 0 spiro atoms. The summed E-state index contributed by atoms with van der Waals surface area (Å²) in [6.45, 7) is 0. The summed E-state index contributed by atoms with van der Waals surface area (Å²) in [5, 5.41) is 1.00. The van der Waals surface area contributed by atoms with Crippen LogP contribution >= 0.6 is 15.9 Å². The number of fused-ring (bicyclic) bond motifs is 1. The van der Waals surface area contributed by atoms with E-state index in [1.165, 1.54) is 19.2 Å². The molecule has 0 bridgehead atoms. The molecule has 6 heteroatoms. The number of benzene rings is 2. The van der Waals surface area contributed by atoms with E-state index in [1.54, 1.807) is 18.4 Å². The first-order valence-corrected chi connectivity index (χ1v) is 10.0. The number of anilines is 1. The van der Waals surface area contributed by atoms with E-state index in [4.69, 9.17) is 9.15 Å². The average Bonchev–Trinajstić information content (AvgIpc) is 3.32. The number of halogens is 2. The lowest BCUT2D eigenvalue weighted by Crippen LogP contribution is -2.36. The maximum Gasteiger partial charge on any atom is 0.309 e. The van der Waals surface area contributed by atoms with Crippen LogP contribution in [0.3, 0.4) is 0 Å². The molecule has 3 aromatic rings. The minimum Gasteiger partial charge on any atom is -0.469 e. The fourth-order valence-corrected chi connectivity index (χ4v) is 4.84. The highest BCUT2D eigenvalue weighted by Gasteiger charge is 2.44. The average molecular weight is 446 g/mol. The van der Waals surface area contributed by atoms with E-state index in [0.29, 0.717) is 0 Å². The Balaban J connectivity index is 1.75. The zero-order chi connectivity index (χ0) is 19.8. The van der Waals surface area contributed by atoms with Gasteiger partial charge in [-0.1, -0.05) is 18.2 Å². The fraction of sp³-hybridized carbons (Fsp3) is 0.318. The molecule has 4 rings (SSSR count). The van der Waals surface area contributed by atoms with E-state index >= 15 is 0 Å². The predicted molar refractivity (Wildman–Crippen MR) is 110 cm³/mol. The van der Waals surface area contributed by atoms with E-state index in [0.717, 1.165) is 39.5 Å². The fourth-order valence-electron chi connectivity index (χ4n) is 4.43. The van der Waals surface area contributed by atoms with Crippen LogP contribution in [0.2, 0.25) is 0 Å². The molecule has 0 aliphatic heterocycles. The molecule has 1 heterocycles. The smallest absolute Gasteiger partial charge is 0.309 e. The Hall–Kier alpha value is -2.34.